The summed E-state index contributed by atoms with van der Waals surface area (Å²) in [6, 6.07) is 114. The first kappa shape index (κ1) is 56.0. The Balaban J connectivity index is 0.833. The molecular weight excluding hydrogens is 1110 g/mol. The van der Waals surface area contributed by atoms with Gasteiger partial charge in [-0.15, -0.1) is 0 Å². The van der Waals surface area contributed by atoms with Crippen LogP contribution in [0.4, 0.5) is 34.1 Å². The molecule has 0 N–H and O–H groups in total. The lowest BCUT2D eigenvalue weighted by molar-refractivity contribution is 0.759. The first-order valence-corrected chi connectivity index (χ1v) is 32.0. The van der Waals surface area contributed by atoms with Crippen LogP contribution in [0.5, 0.6) is 0 Å². The highest BCUT2D eigenvalue weighted by molar-refractivity contribution is 6.02. The van der Waals surface area contributed by atoms with Crippen LogP contribution in [0, 0.1) is 27.7 Å². The van der Waals surface area contributed by atoms with Gasteiger partial charge in [-0.05, 0) is 199 Å². The summed E-state index contributed by atoms with van der Waals surface area (Å²) in [7, 11) is 0. The zero-order valence-corrected chi connectivity index (χ0v) is 52.3. The Labute approximate surface area is 540 Å². The van der Waals surface area contributed by atoms with E-state index in [2.05, 4.69) is 354 Å². The number of benzene rings is 14. The number of anilines is 6. The molecule has 0 spiro atoms. The molecule has 14 aromatic carbocycles. The van der Waals surface area contributed by atoms with Crippen molar-refractivity contribution in [2.45, 2.75) is 38.5 Å². The molecule has 0 radical (unpaired) electrons. The molecule has 2 atom stereocenters. The van der Waals surface area contributed by atoms with E-state index in [9.17, 15) is 0 Å². The topological polar surface area (TPSA) is 6.48 Å². The van der Waals surface area contributed by atoms with E-state index in [4.69, 9.17) is 0 Å². The third kappa shape index (κ3) is 8.77. The van der Waals surface area contributed by atoms with Crippen LogP contribution in [0.2, 0.25) is 0 Å². The summed E-state index contributed by atoms with van der Waals surface area (Å²) >= 11 is 0. The predicted molar refractivity (Wildman–Crippen MR) is 390 cm³/mol. The van der Waals surface area contributed by atoms with Gasteiger partial charge in [0.05, 0.1) is 22.2 Å². The average Bonchev–Trinajstić information content (AvgIpc) is 1.52. The first-order chi connectivity index (χ1) is 45.1. The van der Waals surface area contributed by atoms with Gasteiger partial charge in [0.2, 0.25) is 0 Å². The van der Waals surface area contributed by atoms with Gasteiger partial charge in [-0.25, -0.2) is 0 Å². The Morgan fingerprint density at radius 3 is 1.05 bits per heavy atom. The van der Waals surface area contributed by atoms with E-state index < -0.39 is 10.8 Å². The van der Waals surface area contributed by atoms with Crippen molar-refractivity contribution in [3.8, 4) is 33.4 Å². The summed E-state index contributed by atoms with van der Waals surface area (Å²) in [4.78, 5) is 4.94. The maximum absolute atomic E-state index is 4.13. The highest BCUT2D eigenvalue weighted by atomic mass is 15.1. The molecule has 0 fully saturated rings. The summed E-state index contributed by atoms with van der Waals surface area (Å²) in [6.07, 6.45) is 3.87. The molecule has 0 aliphatic heterocycles. The zero-order chi connectivity index (χ0) is 62.2. The Morgan fingerprint density at radius 1 is 0.283 bits per heavy atom. The van der Waals surface area contributed by atoms with Crippen molar-refractivity contribution in [2.75, 3.05) is 9.80 Å². The van der Waals surface area contributed by atoms with Crippen LogP contribution < -0.4 is 9.80 Å². The second kappa shape index (κ2) is 22.3. The van der Waals surface area contributed by atoms with Gasteiger partial charge in [0, 0.05) is 33.5 Å². The number of nitrogens with zero attached hydrogens (tertiary/aromatic N) is 2. The Kier molecular flexibility index (Phi) is 13.6. The minimum atomic E-state index is -0.600. The number of hydrogen-bond acceptors (Lipinski definition) is 2. The monoisotopic (exact) mass is 1180 g/mol. The van der Waals surface area contributed by atoms with E-state index in [1.807, 2.05) is 12.2 Å². The van der Waals surface area contributed by atoms with Gasteiger partial charge >= 0.3 is 0 Å². The molecule has 1 unspecified atom stereocenters. The molecule has 14 aromatic rings. The third-order valence-corrected chi connectivity index (χ3v) is 19.9. The molecule has 92 heavy (non-hydrogen) atoms. The van der Waals surface area contributed by atoms with Gasteiger partial charge in [0.15, 0.2) is 0 Å². The molecular formula is C90H68N2. The largest absolute Gasteiger partial charge is 0.310 e. The SMILES string of the molecule is C=Cc1ccc(C2(c3cc(C)ccc3C)c3ccccc3-c3ccc(N(c4ccc(-c5ccc(N(c6ccc7c(c6)[C@](c6ccc(C=C)cc6)(c6cc(C)ccc6C)c6ccccc6-7)c6cccc7ccccc67)cc5)cc4)c4cccc5ccccc45)cc32)cc1. The number of fused-ring (bicyclic) bond motifs is 8. The second-order valence-corrected chi connectivity index (χ2v) is 25.1. The van der Waals surface area contributed by atoms with Crippen molar-refractivity contribution in [3.63, 3.8) is 0 Å². The summed E-state index contributed by atoms with van der Waals surface area (Å²) in [5.41, 5.74) is 29.9. The highest BCUT2D eigenvalue weighted by Gasteiger charge is 2.49. The van der Waals surface area contributed by atoms with Gasteiger partial charge in [-0.3, -0.25) is 0 Å². The minimum Gasteiger partial charge on any atom is -0.310 e. The van der Waals surface area contributed by atoms with E-state index in [0.717, 1.165) is 56.4 Å². The molecule has 2 aliphatic rings. The Morgan fingerprint density at radius 2 is 0.641 bits per heavy atom. The first-order valence-electron chi connectivity index (χ1n) is 32.0. The highest BCUT2D eigenvalue weighted by Crippen LogP contribution is 2.60. The molecule has 2 aliphatic carbocycles. The fourth-order valence-electron chi connectivity index (χ4n) is 15.6. The van der Waals surface area contributed by atoms with Crippen LogP contribution in [0.3, 0.4) is 0 Å². The van der Waals surface area contributed by atoms with Crippen LogP contribution in [0.25, 0.3) is 67.1 Å². The summed E-state index contributed by atoms with van der Waals surface area (Å²) in [5, 5.41) is 4.74. The van der Waals surface area contributed by atoms with Crippen molar-refractivity contribution in [1.29, 1.82) is 0 Å². The van der Waals surface area contributed by atoms with Crippen LogP contribution in [-0.4, -0.2) is 0 Å². The Bertz CT molecular complexity index is 4900. The van der Waals surface area contributed by atoms with Gasteiger partial charge in [-0.1, -0.05) is 279 Å². The van der Waals surface area contributed by atoms with Crippen molar-refractivity contribution < 1.29 is 0 Å². The molecule has 16 rings (SSSR count). The normalized spacial score (nSPS) is 15.1. The van der Waals surface area contributed by atoms with Crippen molar-refractivity contribution >= 4 is 67.8 Å². The molecule has 2 nitrogen and oxygen atoms in total. The maximum atomic E-state index is 4.13. The second-order valence-electron chi connectivity index (χ2n) is 25.1. The van der Waals surface area contributed by atoms with E-state index in [1.165, 1.54) is 111 Å². The van der Waals surface area contributed by atoms with Crippen molar-refractivity contribution in [1.82, 2.24) is 0 Å². The molecule has 438 valence electrons. The summed E-state index contributed by atoms with van der Waals surface area (Å²) < 4.78 is 0. The Hall–Kier alpha value is -11.3. The number of hydrogen-bond donors (Lipinski definition) is 0. The van der Waals surface area contributed by atoms with Crippen LogP contribution in [-0.2, 0) is 10.8 Å². The van der Waals surface area contributed by atoms with Crippen LogP contribution in [0.15, 0.2) is 316 Å². The molecule has 0 saturated carbocycles. The summed E-state index contributed by atoms with van der Waals surface area (Å²) in [5.74, 6) is 0. The lowest BCUT2D eigenvalue weighted by Crippen LogP contribution is -2.30. The van der Waals surface area contributed by atoms with Crippen LogP contribution in [0.1, 0.15) is 77.9 Å². The molecule has 2 heteroatoms. The minimum absolute atomic E-state index is 0.600. The van der Waals surface area contributed by atoms with Crippen molar-refractivity contribution in [2.24, 2.45) is 0 Å². The number of rotatable bonds is 13. The van der Waals surface area contributed by atoms with Crippen LogP contribution >= 0.6 is 0 Å². The molecule has 0 saturated heterocycles. The quantitative estimate of drug-likeness (QED) is 0.114. The van der Waals surface area contributed by atoms with Gasteiger partial charge < -0.3 is 9.80 Å². The zero-order valence-electron chi connectivity index (χ0n) is 52.3. The lowest BCUT2D eigenvalue weighted by atomic mass is 9.66. The van der Waals surface area contributed by atoms with Gasteiger partial charge in [0.1, 0.15) is 0 Å². The van der Waals surface area contributed by atoms with E-state index in [-0.39, 0.29) is 0 Å². The fraction of sp³-hybridized carbons (Fsp3) is 0.0667. The van der Waals surface area contributed by atoms with Gasteiger partial charge in [0.25, 0.3) is 0 Å². The average molecular weight is 1180 g/mol. The molecule has 0 bridgehead atoms. The third-order valence-electron chi connectivity index (χ3n) is 19.9. The lowest BCUT2D eigenvalue weighted by Gasteiger charge is -2.36. The predicted octanol–water partition coefficient (Wildman–Crippen LogP) is 23.8. The van der Waals surface area contributed by atoms with E-state index >= 15 is 0 Å². The van der Waals surface area contributed by atoms with E-state index in [0.29, 0.717) is 0 Å². The maximum Gasteiger partial charge on any atom is 0.0716 e. The standard InChI is InChI=1S/C90H68N2/c1-7-63-35-43-69(44-36-63)89(83-55-59(3)31-33-61(83)5)81-27-15-13-25-77(81)79-53-51-73(57-85(79)89)91(87-29-17-21-67-19-9-11-23-75(67)87)71-47-39-65(40-48-71)66-41-49-72(50-42-66)92(88-30-18-22-68-20-10-12-24-76(68)88)74-52-54-80-78-26-14-16-28-82(78)90(86(80)58-74,70-45-37-64(8-2)38-46-70)84-56-60(4)32-34-62(84)6/h7-58H,1-2H2,3-6H3/t89-,90?/m0/s1. The van der Waals surface area contributed by atoms with E-state index in [1.54, 1.807) is 0 Å². The fourth-order valence-corrected chi connectivity index (χ4v) is 15.6. The molecule has 0 aromatic heterocycles. The molecule has 0 amide bonds. The summed E-state index contributed by atoms with van der Waals surface area (Å²) in [6.45, 7) is 17.2. The number of aryl methyl sites for hydroxylation is 4. The molecule has 0 heterocycles. The van der Waals surface area contributed by atoms with Crippen molar-refractivity contribution in [3.05, 3.63) is 394 Å². The smallest absolute Gasteiger partial charge is 0.0716 e. The van der Waals surface area contributed by atoms with Gasteiger partial charge in [-0.2, -0.15) is 0 Å².